The molecule has 1 aliphatic carbocycles. The summed E-state index contributed by atoms with van der Waals surface area (Å²) in [6.07, 6.45) is 11.1. The molecule has 0 radical (unpaired) electrons. The Kier molecular flexibility index (Phi) is 6.20. The van der Waals surface area contributed by atoms with E-state index in [0.29, 0.717) is 12.0 Å². The van der Waals surface area contributed by atoms with E-state index in [2.05, 4.69) is 69.0 Å². The second kappa shape index (κ2) is 9.39. The van der Waals surface area contributed by atoms with Gasteiger partial charge in [-0.1, -0.05) is 42.5 Å². The van der Waals surface area contributed by atoms with E-state index < -0.39 is 0 Å². The molecule has 0 saturated carbocycles. The summed E-state index contributed by atoms with van der Waals surface area (Å²) in [5.41, 5.74) is 9.26. The number of aromatic nitrogens is 1. The number of piperazine rings is 1. The predicted molar refractivity (Wildman–Crippen MR) is 130 cm³/mol. The van der Waals surface area contributed by atoms with E-state index in [9.17, 15) is 0 Å². The Balaban J connectivity index is 1.22. The summed E-state index contributed by atoms with van der Waals surface area (Å²) in [6, 6.07) is 8.78. The number of allylic oxidation sites excluding steroid dienone is 2. The number of pyridine rings is 1. The number of para-hydroxylation sites is 1. The third-order valence-corrected chi connectivity index (χ3v) is 6.80. The van der Waals surface area contributed by atoms with Crippen LogP contribution in [0.15, 0.2) is 48.6 Å². The van der Waals surface area contributed by atoms with Crippen LogP contribution in [0.5, 0.6) is 0 Å². The molecule has 2 atom stereocenters. The summed E-state index contributed by atoms with van der Waals surface area (Å²) < 4.78 is 0. The second-order valence-electron chi connectivity index (χ2n) is 8.84. The number of hydrogen-bond donors (Lipinski definition) is 3. The summed E-state index contributed by atoms with van der Waals surface area (Å²) in [7, 11) is 0. The number of benzene rings is 1. The molecular formula is C25H34N6. The van der Waals surface area contributed by atoms with Crippen molar-refractivity contribution in [1.82, 2.24) is 14.8 Å². The van der Waals surface area contributed by atoms with Crippen molar-refractivity contribution >= 4 is 22.4 Å². The van der Waals surface area contributed by atoms with Crippen LogP contribution < -0.4 is 16.4 Å². The third kappa shape index (κ3) is 4.33. The molecule has 6 heteroatoms. The minimum Gasteiger partial charge on any atom is -0.377 e. The van der Waals surface area contributed by atoms with Crippen LogP contribution in [-0.4, -0.2) is 73.2 Å². The highest BCUT2D eigenvalue weighted by Gasteiger charge is 2.34. The van der Waals surface area contributed by atoms with E-state index in [1.807, 2.05) is 0 Å². The Hall–Kier alpha value is -2.41. The predicted octanol–water partition coefficient (Wildman–Crippen LogP) is 3.01. The Morgan fingerprint density at radius 3 is 2.55 bits per heavy atom. The molecule has 2 unspecified atom stereocenters. The van der Waals surface area contributed by atoms with Gasteiger partial charge in [-0.15, -0.1) is 0 Å². The zero-order valence-electron chi connectivity index (χ0n) is 18.3. The van der Waals surface area contributed by atoms with Crippen LogP contribution in [0.3, 0.4) is 0 Å². The van der Waals surface area contributed by atoms with E-state index in [4.69, 9.17) is 10.7 Å². The lowest BCUT2D eigenvalue weighted by atomic mass is 9.91. The highest BCUT2D eigenvalue weighted by Crippen LogP contribution is 2.45. The van der Waals surface area contributed by atoms with Gasteiger partial charge in [0.05, 0.1) is 17.2 Å². The van der Waals surface area contributed by atoms with Crippen molar-refractivity contribution in [3.63, 3.8) is 0 Å². The maximum atomic E-state index is 5.64. The van der Waals surface area contributed by atoms with Gasteiger partial charge >= 0.3 is 0 Å². The number of nitrogens with two attached hydrogens (primary N) is 1. The zero-order valence-corrected chi connectivity index (χ0v) is 18.3. The topological polar surface area (TPSA) is 69.5 Å². The standard InChI is InChI=1S/C25H34N6/c26-11-5-13-30-15-17-31(18-16-30)14-6-12-27-25-23-19-7-1-3-9-21(19)28-24(23)20-8-2-4-10-22(20)29-25/h1-4,7-10,19,21,28H,5-6,11-18,26H2,(H,27,29). The molecule has 0 amide bonds. The number of anilines is 2. The quantitative estimate of drug-likeness (QED) is 0.573. The monoisotopic (exact) mass is 418 g/mol. The fraction of sp³-hybridized carbons (Fsp3) is 0.480. The average molecular weight is 419 g/mol. The molecule has 3 aliphatic rings. The minimum atomic E-state index is 0.323. The minimum absolute atomic E-state index is 0.323. The maximum absolute atomic E-state index is 5.64. The van der Waals surface area contributed by atoms with E-state index in [0.717, 1.165) is 50.4 Å². The van der Waals surface area contributed by atoms with Crippen LogP contribution in [-0.2, 0) is 0 Å². The lowest BCUT2D eigenvalue weighted by Gasteiger charge is -2.34. The van der Waals surface area contributed by atoms with Crippen molar-refractivity contribution in [2.24, 2.45) is 5.73 Å². The van der Waals surface area contributed by atoms with Crippen LogP contribution in [0.25, 0.3) is 10.9 Å². The first-order valence-electron chi connectivity index (χ1n) is 11.8. The largest absolute Gasteiger partial charge is 0.377 e. The van der Waals surface area contributed by atoms with Crippen molar-refractivity contribution in [1.29, 1.82) is 0 Å². The number of fused-ring (bicyclic) bond motifs is 5. The van der Waals surface area contributed by atoms with Gasteiger partial charge in [-0.2, -0.15) is 0 Å². The van der Waals surface area contributed by atoms with Crippen molar-refractivity contribution in [2.75, 3.05) is 63.0 Å². The van der Waals surface area contributed by atoms with Crippen LogP contribution >= 0.6 is 0 Å². The fourth-order valence-corrected chi connectivity index (χ4v) is 5.09. The number of hydrogen-bond acceptors (Lipinski definition) is 6. The SMILES string of the molecule is NCCCN1CCN(CCCNc2nc3ccccc3c3c2C2C=CC=CC2N3)CC1. The molecule has 4 N–H and O–H groups in total. The first-order chi connectivity index (χ1) is 15.3. The first kappa shape index (κ1) is 20.5. The molecule has 2 aliphatic heterocycles. The van der Waals surface area contributed by atoms with Crippen LogP contribution in [0.2, 0.25) is 0 Å². The summed E-state index contributed by atoms with van der Waals surface area (Å²) in [5.74, 6) is 1.39. The van der Waals surface area contributed by atoms with Crippen molar-refractivity contribution < 1.29 is 0 Å². The van der Waals surface area contributed by atoms with Crippen LogP contribution in [0, 0.1) is 0 Å². The molecule has 5 rings (SSSR count). The number of nitrogens with one attached hydrogen (secondary N) is 2. The Labute approximate surface area is 185 Å². The number of rotatable bonds is 8. The molecule has 3 heterocycles. The van der Waals surface area contributed by atoms with Gasteiger partial charge in [0.15, 0.2) is 0 Å². The molecule has 31 heavy (non-hydrogen) atoms. The lowest BCUT2D eigenvalue weighted by Crippen LogP contribution is -2.47. The van der Waals surface area contributed by atoms with Gasteiger partial charge in [-0.3, -0.25) is 0 Å². The normalized spacial score (nSPS) is 23.0. The van der Waals surface area contributed by atoms with Crippen LogP contribution in [0.1, 0.15) is 24.3 Å². The Bertz CT molecular complexity index is 960. The van der Waals surface area contributed by atoms with Gasteiger partial charge in [-0.25, -0.2) is 4.98 Å². The molecule has 1 fully saturated rings. The second-order valence-corrected chi connectivity index (χ2v) is 8.84. The summed E-state index contributed by atoms with van der Waals surface area (Å²) >= 11 is 0. The third-order valence-electron chi connectivity index (χ3n) is 6.80. The van der Waals surface area contributed by atoms with E-state index in [-0.39, 0.29) is 0 Å². The molecule has 164 valence electrons. The molecule has 1 aromatic carbocycles. The molecule has 2 aromatic rings. The van der Waals surface area contributed by atoms with E-state index in [1.165, 1.54) is 42.8 Å². The summed E-state index contributed by atoms with van der Waals surface area (Å²) in [6.45, 7) is 8.69. The molecule has 0 bridgehead atoms. The number of nitrogens with zero attached hydrogens (tertiary/aromatic N) is 3. The van der Waals surface area contributed by atoms with Gasteiger partial charge < -0.3 is 26.2 Å². The molecular weight excluding hydrogens is 384 g/mol. The van der Waals surface area contributed by atoms with E-state index in [1.54, 1.807) is 0 Å². The first-order valence-corrected chi connectivity index (χ1v) is 11.8. The van der Waals surface area contributed by atoms with Gasteiger partial charge in [0, 0.05) is 49.6 Å². The van der Waals surface area contributed by atoms with Crippen molar-refractivity contribution in [3.05, 3.63) is 54.1 Å². The highest BCUT2D eigenvalue weighted by atomic mass is 15.3. The summed E-state index contributed by atoms with van der Waals surface area (Å²) in [4.78, 5) is 10.2. The van der Waals surface area contributed by atoms with Crippen LogP contribution in [0.4, 0.5) is 11.5 Å². The Morgan fingerprint density at radius 2 is 1.74 bits per heavy atom. The molecule has 1 aromatic heterocycles. The van der Waals surface area contributed by atoms with Gasteiger partial charge in [0.1, 0.15) is 5.82 Å². The average Bonchev–Trinajstić information content (AvgIpc) is 3.21. The maximum Gasteiger partial charge on any atom is 0.132 e. The molecule has 0 spiro atoms. The molecule has 1 saturated heterocycles. The summed E-state index contributed by atoms with van der Waals surface area (Å²) in [5, 5.41) is 8.64. The zero-order chi connectivity index (χ0) is 21.0. The van der Waals surface area contributed by atoms with E-state index >= 15 is 0 Å². The van der Waals surface area contributed by atoms with Gasteiger partial charge in [-0.05, 0) is 38.5 Å². The highest BCUT2D eigenvalue weighted by molar-refractivity contribution is 5.98. The smallest absolute Gasteiger partial charge is 0.132 e. The lowest BCUT2D eigenvalue weighted by molar-refractivity contribution is 0.132. The van der Waals surface area contributed by atoms with Gasteiger partial charge in [0.25, 0.3) is 0 Å². The van der Waals surface area contributed by atoms with Crippen molar-refractivity contribution in [3.8, 4) is 0 Å². The molecule has 6 nitrogen and oxygen atoms in total. The fourth-order valence-electron chi connectivity index (χ4n) is 5.09. The Morgan fingerprint density at radius 1 is 1.00 bits per heavy atom. The van der Waals surface area contributed by atoms with Crippen molar-refractivity contribution in [2.45, 2.75) is 24.8 Å². The van der Waals surface area contributed by atoms with Gasteiger partial charge in [0.2, 0.25) is 0 Å².